The average Bonchev–Trinajstić information content (AvgIpc) is 2.53. The fourth-order valence-electron chi connectivity index (χ4n) is 2.87. The molecule has 1 aromatic heterocycles. The first-order chi connectivity index (χ1) is 11.0. The van der Waals surface area contributed by atoms with E-state index in [0.29, 0.717) is 35.5 Å². The monoisotopic (exact) mass is 314 g/mol. The quantitative estimate of drug-likeness (QED) is 0.856. The Morgan fingerprint density at radius 1 is 1.43 bits per heavy atom. The Bertz CT molecular complexity index is 829. The highest BCUT2D eigenvalue weighted by Crippen LogP contribution is 2.24. The summed E-state index contributed by atoms with van der Waals surface area (Å²) in [6.07, 6.45) is 0.465. The molecule has 1 aromatic carbocycles. The maximum atomic E-state index is 12.8. The van der Waals surface area contributed by atoms with Crippen molar-refractivity contribution < 1.29 is 9.53 Å². The molecule has 0 radical (unpaired) electrons. The minimum Gasteiger partial charge on any atom is -0.496 e. The lowest BCUT2D eigenvalue weighted by Crippen LogP contribution is -2.39. The first-order valence-electron chi connectivity index (χ1n) is 7.31. The van der Waals surface area contributed by atoms with Crippen molar-refractivity contribution in [1.29, 1.82) is 0 Å². The minimum absolute atomic E-state index is 0.0700. The van der Waals surface area contributed by atoms with Crippen LogP contribution in [-0.4, -0.2) is 34.4 Å². The number of methoxy groups -OCH3 is 1. The number of nitrogens with two attached hydrogens (primary N) is 1. The molecule has 7 heteroatoms. The molecule has 0 bridgehead atoms. The number of benzene rings is 1. The Morgan fingerprint density at radius 3 is 2.96 bits per heavy atom. The standard InChI is InChI=1S/C16H18N4O3/c1-9-10(4-3-5-13(9)23-2)15(22)20-7-6-11-12(8-20)18-16(17)19-14(11)21/h3-5H,6-8H2,1-2H3,(H3,17,18,19,21). The summed E-state index contributed by atoms with van der Waals surface area (Å²) in [6.45, 7) is 2.60. The molecule has 0 unspecified atom stereocenters. The van der Waals surface area contributed by atoms with E-state index in [1.807, 2.05) is 13.0 Å². The number of rotatable bonds is 2. The molecule has 0 atom stereocenters. The van der Waals surface area contributed by atoms with Gasteiger partial charge in [0.2, 0.25) is 5.95 Å². The van der Waals surface area contributed by atoms with Crippen LogP contribution in [0.5, 0.6) is 5.75 Å². The molecule has 1 aliphatic rings. The molecule has 3 N–H and O–H groups in total. The summed E-state index contributed by atoms with van der Waals surface area (Å²) in [7, 11) is 1.58. The number of ether oxygens (including phenoxy) is 1. The number of aromatic nitrogens is 2. The Kier molecular flexibility index (Phi) is 3.77. The molecule has 2 heterocycles. The second-order valence-electron chi connectivity index (χ2n) is 5.49. The number of nitrogen functional groups attached to an aromatic ring is 1. The molecule has 3 rings (SSSR count). The Morgan fingerprint density at radius 2 is 2.22 bits per heavy atom. The second kappa shape index (κ2) is 5.75. The molecule has 0 saturated carbocycles. The zero-order valence-corrected chi connectivity index (χ0v) is 13.0. The van der Waals surface area contributed by atoms with E-state index in [4.69, 9.17) is 10.5 Å². The molecule has 0 aliphatic carbocycles. The van der Waals surface area contributed by atoms with Crippen molar-refractivity contribution in [3.63, 3.8) is 0 Å². The third-order valence-electron chi connectivity index (χ3n) is 4.11. The summed E-state index contributed by atoms with van der Waals surface area (Å²) in [5.74, 6) is 0.639. The van der Waals surface area contributed by atoms with Gasteiger partial charge >= 0.3 is 0 Å². The molecule has 23 heavy (non-hydrogen) atoms. The highest BCUT2D eigenvalue weighted by Gasteiger charge is 2.26. The summed E-state index contributed by atoms with van der Waals surface area (Å²) in [5.41, 5.74) is 7.91. The molecule has 0 spiro atoms. The van der Waals surface area contributed by atoms with Crippen LogP contribution in [0, 0.1) is 6.92 Å². The number of anilines is 1. The molecular weight excluding hydrogens is 296 g/mol. The number of fused-ring (bicyclic) bond motifs is 1. The van der Waals surface area contributed by atoms with E-state index in [9.17, 15) is 9.59 Å². The van der Waals surface area contributed by atoms with E-state index < -0.39 is 0 Å². The van der Waals surface area contributed by atoms with Crippen LogP contribution >= 0.6 is 0 Å². The van der Waals surface area contributed by atoms with Crippen LogP contribution in [0.4, 0.5) is 5.95 Å². The van der Waals surface area contributed by atoms with Crippen LogP contribution in [0.25, 0.3) is 0 Å². The van der Waals surface area contributed by atoms with Gasteiger partial charge in [0.05, 0.1) is 19.3 Å². The van der Waals surface area contributed by atoms with Crippen LogP contribution in [0.3, 0.4) is 0 Å². The summed E-state index contributed by atoms with van der Waals surface area (Å²) < 4.78 is 5.27. The van der Waals surface area contributed by atoms with E-state index >= 15 is 0 Å². The first kappa shape index (κ1) is 15.1. The first-order valence-corrected chi connectivity index (χ1v) is 7.31. The van der Waals surface area contributed by atoms with Crippen molar-refractivity contribution in [1.82, 2.24) is 14.9 Å². The Labute approximate surface area is 133 Å². The van der Waals surface area contributed by atoms with Crippen molar-refractivity contribution in [2.75, 3.05) is 19.4 Å². The number of amides is 1. The zero-order valence-electron chi connectivity index (χ0n) is 13.0. The van der Waals surface area contributed by atoms with Crippen molar-refractivity contribution in [3.05, 3.63) is 50.9 Å². The van der Waals surface area contributed by atoms with Gasteiger partial charge in [-0.1, -0.05) is 6.07 Å². The number of carbonyl (C=O) groups excluding carboxylic acids is 1. The summed E-state index contributed by atoms with van der Waals surface area (Å²) in [5, 5.41) is 0. The molecule has 1 amide bonds. The fourth-order valence-corrected chi connectivity index (χ4v) is 2.87. The molecule has 1 aliphatic heterocycles. The number of carbonyl (C=O) groups is 1. The third kappa shape index (κ3) is 2.65. The number of nitrogens with zero attached hydrogens (tertiary/aromatic N) is 2. The number of hydrogen-bond donors (Lipinski definition) is 2. The van der Waals surface area contributed by atoms with E-state index in [1.165, 1.54) is 0 Å². The van der Waals surface area contributed by atoms with Gasteiger partial charge in [-0.05, 0) is 25.5 Å². The summed E-state index contributed by atoms with van der Waals surface area (Å²) in [4.78, 5) is 33.0. The maximum absolute atomic E-state index is 12.8. The highest BCUT2D eigenvalue weighted by molar-refractivity contribution is 5.96. The normalized spacial score (nSPS) is 13.6. The summed E-state index contributed by atoms with van der Waals surface area (Å²) in [6, 6.07) is 5.38. The van der Waals surface area contributed by atoms with Crippen molar-refractivity contribution in [3.8, 4) is 5.75 Å². The predicted octanol–water partition coefficient (Wildman–Crippen LogP) is 0.868. The molecule has 2 aromatic rings. The van der Waals surface area contributed by atoms with Crippen LogP contribution in [-0.2, 0) is 13.0 Å². The van der Waals surface area contributed by atoms with Gasteiger partial charge in [-0.15, -0.1) is 0 Å². The van der Waals surface area contributed by atoms with E-state index in [1.54, 1.807) is 24.1 Å². The van der Waals surface area contributed by atoms with Gasteiger partial charge in [0, 0.05) is 23.2 Å². The van der Waals surface area contributed by atoms with Crippen molar-refractivity contribution in [2.24, 2.45) is 0 Å². The van der Waals surface area contributed by atoms with Gasteiger partial charge in [0.25, 0.3) is 11.5 Å². The van der Waals surface area contributed by atoms with Gasteiger partial charge in [0.15, 0.2) is 0 Å². The summed E-state index contributed by atoms with van der Waals surface area (Å²) >= 11 is 0. The van der Waals surface area contributed by atoms with E-state index in [2.05, 4.69) is 9.97 Å². The van der Waals surface area contributed by atoms with Crippen molar-refractivity contribution >= 4 is 11.9 Å². The lowest BCUT2D eigenvalue weighted by molar-refractivity contribution is 0.0730. The van der Waals surface area contributed by atoms with Crippen molar-refractivity contribution in [2.45, 2.75) is 19.9 Å². The smallest absolute Gasteiger partial charge is 0.255 e. The van der Waals surface area contributed by atoms with Gasteiger partial charge in [-0.25, -0.2) is 4.98 Å². The molecular formula is C16H18N4O3. The molecule has 0 fully saturated rings. The van der Waals surface area contributed by atoms with Crippen LogP contribution in [0.15, 0.2) is 23.0 Å². The van der Waals surface area contributed by atoms with Crippen LogP contribution in [0.1, 0.15) is 27.2 Å². The molecule has 120 valence electrons. The Balaban J connectivity index is 1.92. The molecule has 0 saturated heterocycles. The zero-order chi connectivity index (χ0) is 16.6. The predicted molar refractivity (Wildman–Crippen MR) is 85.4 cm³/mol. The number of aromatic amines is 1. The number of nitrogens with one attached hydrogen (secondary N) is 1. The Hall–Kier alpha value is -2.83. The number of hydrogen-bond acceptors (Lipinski definition) is 5. The highest BCUT2D eigenvalue weighted by atomic mass is 16.5. The molecule has 7 nitrogen and oxygen atoms in total. The van der Waals surface area contributed by atoms with E-state index in [0.717, 1.165) is 5.56 Å². The second-order valence-corrected chi connectivity index (χ2v) is 5.49. The fraction of sp³-hybridized carbons (Fsp3) is 0.312. The lowest BCUT2D eigenvalue weighted by atomic mass is 10.0. The third-order valence-corrected chi connectivity index (χ3v) is 4.11. The minimum atomic E-state index is -0.225. The largest absolute Gasteiger partial charge is 0.496 e. The van der Waals surface area contributed by atoms with Crippen LogP contribution < -0.4 is 16.0 Å². The van der Waals surface area contributed by atoms with Gasteiger partial charge < -0.3 is 15.4 Å². The maximum Gasteiger partial charge on any atom is 0.255 e. The van der Waals surface area contributed by atoms with E-state index in [-0.39, 0.29) is 24.0 Å². The lowest BCUT2D eigenvalue weighted by Gasteiger charge is -2.28. The average molecular weight is 314 g/mol. The van der Waals surface area contributed by atoms with Gasteiger partial charge in [-0.3, -0.25) is 14.6 Å². The SMILES string of the molecule is COc1cccc(C(=O)N2CCc3c(nc(N)[nH]c3=O)C2)c1C. The van der Waals surface area contributed by atoms with Crippen LogP contribution in [0.2, 0.25) is 0 Å². The van der Waals surface area contributed by atoms with Gasteiger partial charge in [0.1, 0.15) is 5.75 Å². The van der Waals surface area contributed by atoms with Gasteiger partial charge in [-0.2, -0.15) is 0 Å². The topological polar surface area (TPSA) is 101 Å². The number of H-pyrrole nitrogens is 1.